The van der Waals surface area contributed by atoms with Gasteiger partial charge in [0.25, 0.3) is 10.0 Å². The van der Waals surface area contributed by atoms with E-state index in [0.717, 1.165) is 22.5 Å². The van der Waals surface area contributed by atoms with Gasteiger partial charge in [0.2, 0.25) is 0 Å². The number of carboxylic acids is 1. The molecule has 0 fully saturated rings. The van der Waals surface area contributed by atoms with Crippen molar-refractivity contribution < 1.29 is 22.7 Å². The van der Waals surface area contributed by atoms with E-state index in [1.807, 2.05) is 0 Å². The van der Waals surface area contributed by atoms with Crippen LogP contribution in [-0.4, -0.2) is 26.0 Å². The van der Waals surface area contributed by atoms with E-state index in [2.05, 4.69) is 0 Å². The van der Waals surface area contributed by atoms with Crippen LogP contribution in [0.25, 0.3) is 0 Å². The number of benzene rings is 2. The van der Waals surface area contributed by atoms with Gasteiger partial charge in [0.15, 0.2) is 0 Å². The molecule has 0 bridgehead atoms. The Morgan fingerprint density at radius 1 is 1.04 bits per heavy atom. The zero-order chi connectivity index (χ0) is 18.8. The van der Waals surface area contributed by atoms with Crippen LogP contribution in [0.1, 0.15) is 6.42 Å². The number of carbonyl (C=O) groups is 1. The number of nitrogens with zero attached hydrogens (tertiary/aromatic N) is 1. The maximum atomic E-state index is 13.4. The molecule has 0 aliphatic carbocycles. The zero-order valence-corrected chi connectivity index (χ0v) is 15.5. The average molecular weight is 427 g/mol. The Labute approximate surface area is 158 Å². The molecule has 2 rings (SSSR count). The van der Waals surface area contributed by atoms with Crippen molar-refractivity contribution in [2.75, 3.05) is 10.8 Å². The molecule has 0 unspecified atom stereocenters. The Morgan fingerprint density at radius 3 is 2.28 bits per heavy atom. The number of carboxylic acid groups (broad SMARTS) is 1. The molecule has 0 aromatic heterocycles. The topological polar surface area (TPSA) is 74.7 Å². The normalized spacial score (nSPS) is 11.4. The van der Waals surface area contributed by atoms with E-state index in [-0.39, 0.29) is 32.2 Å². The summed E-state index contributed by atoms with van der Waals surface area (Å²) in [4.78, 5) is 10.7. The predicted octanol–water partition coefficient (Wildman–Crippen LogP) is 4.46. The van der Waals surface area contributed by atoms with Crippen LogP contribution in [0, 0.1) is 5.82 Å². The van der Waals surface area contributed by atoms with Crippen molar-refractivity contribution in [3.8, 4) is 0 Å². The number of aliphatic carboxylic acids is 1. The summed E-state index contributed by atoms with van der Waals surface area (Å²) in [5.74, 6) is -1.92. The molecule has 0 spiro atoms. The molecule has 0 saturated heterocycles. The molecule has 5 nitrogen and oxygen atoms in total. The van der Waals surface area contributed by atoms with Crippen LogP contribution >= 0.6 is 34.8 Å². The second-order valence-corrected chi connectivity index (χ2v) is 7.98. The Balaban J connectivity index is 2.54. The minimum absolute atomic E-state index is 0.0260. The first-order chi connectivity index (χ1) is 11.6. The van der Waals surface area contributed by atoms with E-state index in [0.29, 0.717) is 0 Å². The summed E-state index contributed by atoms with van der Waals surface area (Å²) in [6.07, 6.45) is -0.463. The second-order valence-electron chi connectivity index (χ2n) is 4.90. The second kappa shape index (κ2) is 7.78. The molecule has 0 saturated carbocycles. The van der Waals surface area contributed by atoms with Crippen LogP contribution < -0.4 is 4.31 Å². The predicted molar refractivity (Wildman–Crippen MR) is 94.7 cm³/mol. The number of hydrogen-bond donors (Lipinski definition) is 1. The first-order valence-electron chi connectivity index (χ1n) is 6.77. The molecular weight excluding hydrogens is 416 g/mol. The minimum atomic E-state index is -4.17. The third-order valence-corrected chi connectivity index (χ3v) is 6.05. The Hall–Kier alpha value is -1.54. The fourth-order valence-corrected chi connectivity index (χ4v) is 4.01. The first kappa shape index (κ1) is 19.8. The van der Waals surface area contributed by atoms with Crippen LogP contribution in [-0.2, 0) is 14.8 Å². The molecule has 0 amide bonds. The molecule has 0 radical (unpaired) electrons. The van der Waals surface area contributed by atoms with Crippen molar-refractivity contribution in [3.05, 3.63) is 57.3 Å². The van der Waals surface area contributed by atoms with Crippen LogP contribution in [0.3, 0.4) is 0 Å². The van der Waals surface area contributed by atoms with Gasteiger partial charge >= 0.3 is 5.97 Å². The summed E-state index contributed by atoms with van der Waals surface area (Å²) < 4.78 is 40.0. The fourth-order valence-electron chi connectivity index (χ4n) is 1.99. The van der Waals surface area contributed by atoms with E-state index < -0.39 is 28.2 Å². The van der Waals surface area contributed by atoms with E-state index in [1.54, 1.807) is 0 Å². The van der Waals surface area contributed by atoms with Gasteiger partial charge in [-0.1, -0.05) is 34.8 Å². The summed E-state index contributed by atoms with van der Waals surface area (Å²) in [7, 11) is -4.17. The molecule has 134 valence electrons. The third-order valence-electron chi connectivity index (χ3n) is 3.20. The maximum absolute atomic E-state index is 13.4. The number of rotatable bonds is 6. The highest BCUT2D eigenvalue weighted by molar-refractivity contribution is 7.92. The number of anilines is 1. The van der Waals surface area contributed by atoms with Crippen LogP contribution in [0.4, 0.5) is 10.1 Å². The van der Waals surface area contributed by atoms with Crippen LogP contribution in [0.5, 0.6) is 0 Å². The monoisotopic (exact) mass is 425 g/mol. The molecular formula is C15H11Cl3FNO4S. The average Bonchev–Trinajstić information content (AvgIpc) is 2.53. The van der Waals surface area contributed by atoms with Gasteiger partial charge in [0.05, 0.1) is 32.1 Å². The standard InChI is InChI=1S/C15H11Cl3FNO4S/c16-11-3-2-10(8-12(11)17)25(23,24)20(6-5-15(21)22)9-1-4-14(19)13(18)7-9/h1-4,7-8H,5-6H2,(H,21,22). The van der Waals surface area contributed by atoms with E-state index in [1.165, 1.54) is 18.2 Å². The SMILES string of the molecule is O=C(O)CCN(c1ccc(F)c(Cl)c1)S(=O)(=O)c1ccc(Cl)c(Cl)c1. The molecule has 0 heterocycles. The summed E-state index contributed by atoms with van der Waals surface area (Å²) in [6.45, 7) is -0.375. The largest absolute Gasteiger partial charge is 0.481 e. The van der Waals surface area contributed by atoms with Gasteiger partial charge in [-0.05, 0) is 36.4 Å². The van der Waals surface area contributed by atoms with E-state index in [4.69, 9.17) is 39.9 Å². The van der Waals surface area contributed by atoms with Gasteiger partial charge in [-0.15, -0.1) is 0 Å². The minimum Gasteiger partial charge on any atom is -0.481 e. The summed E-state index contributed by atoms with van der Waals surface area (Å²) in [6, 6.07) is 6.99. The van der Waals surface area contributed by atoms with Gasteiger partial charge in [0, 0.05) is 6.54 Å². The third kappa shape index (κ3) is 4.55. The molecule has 25 heavy (non-hydrogen) atoms. The fraction of sp³-hybridized carbons (Fsp3) is 0.133. The van der Waals surface area contributed by atoms with Gasteiger partial charge in [-0.3, -0.25) is 9.10 Å². The Bertz CT molecular complexity index is 921. The van der Waals surface area contributed by atoms with Crippen LogP contribution in [0.15, 0.2) is 41.3 Å². The van der Waals surface area contributed by atoms with Crippen molar-refractivity contribution in [1.29, 1.82) is 0 Å². The number of hydrogen-bond acceptors (Lipinski definition) is 3. The van der Waals surface area contributed by atoms with E-state index >= 15 is 0 Å². The highest BCUT2D eigenvalue weighted by Gasteiger charge is 2.26. The van der Waals surface area contributed by atoms with Crippen molar-refractivity contribution in [2.24, 2.45) is 0 Å². The van der Waals surface area contributed by atoms with E-state index in [9.17, 15) is 17.6 Å². The van der Waals surface area contributed by atoms with Crippen molar-refractivity contribution in [3.63, 3.8) is 0 Å². The summed E-state index contributed by atoms with van der Waals surface area (Å²) >= 11 is 17.4. The summed E-state index contributed by atoms with van der Waals surface area (Å²) in [5, 5.41) is 8.78. The number of halogens is 4. The lowest BCUT2D eigenvalue weighted by Crippen LogP contribution is -2.33. The molecule has 0 atom stereocenters. The Kier molecular flexibility index (Phi) is 6.16. The smallest absolute Gasteiger partial charge is 0.305 e. The molecule has 10 heteroatoms. The molecule has 0 aliphatic heterocycles. The quantitative estimate of drug-likeness (QED) is 0.740. The highest BCUT2D eigenvalue weighted by Crippen LogP contribution is 2.31. The lowest BCUT2D eigenvalue weighted by atomic mass is 10.3. The molecule has 0 aliphatic rings. The van der Waals surface area contributed by atoms with Gasteiger partial charge in [0.1, 0.15) is 5.82 Å². The highest BCUT2D eigenvalue weighted by atomic mass is 35.5. The maximum Gasteiger partial charge on any atom is 0.305 e. The van der Waals surface area contributed by atoms with Crippen molar-refractivity contribution in [1.82, 2.24) is 0 Å². The summed E-state index contributed by atoms with van der Waals surface area (Å²) in [5.41, 5.74) is 0.0266. The molecule has 2 aromatic carbocycles. The van der Waals surface area contributed by atoms with Gasteiger partial charge < -0.3 is 5.11 Å². The Morgan fingerprint density at radius 2 is 1.72 bits per heavy atom. The van der Waals surface area contributed by atoms with Crippen LogP contribution in [0.2, 0.25) is 15.1 Å². The first-order valence-corrected chi connectivity index (χ1v) is 9.35. The van der Waals surface area contributed by atoms with Crippen molar-refractivity contribution in [2.45, 2.75) is 11.3 Å². The van der Waals surface area contributed by atoms with Gasteiger partial charge in [-0.25, -0.2) is 12.8 Å². The molecule has 2 aromatic rings. The lowest BCUT2D eigenvalue weighted by molar-refractivity contribution is -0.136. The molecule has 1 N–H and O–H groups in total. The number of sulfonamides is 1. The van der Waals surface area contributed by atoms with Gasteiger partial charge in [-0.2, -0.15) is 0 Å². The zero-order valence-electron chi connectivity index (χ0n) is 12.4. The van der Waals surface area contributed by atoms with Crippen molar-refractivity contribution >= 4 is 56.5 Å². The lowest BCUT2D eigenvalue weighted by Gasteiger charge is -2.24.